The Morgan fingerprint density at radius 3 is 2.88 bits per heavy atom. The molecule has 1 aliphatic rings. The van der Waals surface area contributed by atoms with Crippen LogP contribution in [-0.4, -0.2) is 32.3 Å². The molecule has 0 saturated carbocycles. The normalized spacial score (nSPS) is 18.0. The summed E-state index contributed by atoms with van der Waals surface area (Å²) < 4.78 is 1.62. The second kappa shape index (κ2) is 6.46. The van der Waals surface area contributed by atoms with Gasteiger partial charge in [0.2, 0.25) is 0 Å². The third-order valence-corrected chi connectivity index (χ3v) is 5.73. The van der Waals surface area contributed by atoms with Gasteiger partial charge in [0.1, 0.15) is 17.0 Å². The van der Waals surface area contributed by atoms with Crippen LogP contribution in [-0.2, 0) is 12.0 Å². The smallest absolute Gasteiger partial charge is 0.266 e. The summed E-state index contributed by atoms with van der Waals surface area (Å²) in [4.78, 5) is 24.6. The summed E-state index contributed by atoms with van der Waals surface area (Å²) in [5.41, 5.74) is 0.803. The monoisotopic (exact) mass is 369 g/mol. The molecule has 0 amide bonds. The Morgan fingerprint density at radius 1 is 1.23 bits per heavy atom. The van der Waals surface area contributed by atoms with E-state index in [2.05, 4.69) is 46.8 Å². The lowest BCUT2D eigenvalue weighted by Crippen LogP contribution is -2.38. The number of anilines is 1. The Hall–Kier alpha value is -2.28. The summed E-state index contributed by atoms with van der Waals surface area (Å²) in [7, 11) is 0. The minimum Gasteiger partial charge on any atom is -0.351 e. The molecule has 1 atom stereocenters. The number of hydrogen-bond acceptors (Lipinski definition) is 6. The second-order valence-corrected chi connectivity index (χ2v) is 8.71. The Kier molecular flexibility index (Phi) is 4.26. The molecule has 0 N–H and O–H groups in total. The third kappa shape index (κ3) is 3.11. The predicted octanol–water partition coefficient (Wildman–Crippen LogP) is 3.21. The summed E-state index contributed by atoms with van der Waals surface area (Å²) in [6.45, 7) is 7.86. The summed E-state index contributed by atoms with van der Waals surface area (Å²) in [6.07, 6.45) is 3.76. The van der Waals surface area contributed by atoms with Crippen molar-refractivity contribution in [1.82, 2.24) is 19.7 Å². The zero-order chi connectivity index (χ0) is 18.3. The molecule has 0 radical (unpaired) electrons. The summed E-state index contributed by atoms with van der Waals surface area (Å²) in [5.74, 6) is 0.971. The minimum atomic E-state index is -0.0830. The van der Waals surface area contributed by atoms with E-state index >= 15 is 0 Å². The predicted molar refractivity (Wildman–Crippen MR) is 105 cm³/mol. The van der Waals surface area contributed by atoms with Gasteiger partial charge in [-0.3, -0.25) is 4.79 Å². The van der Waals surface area contributed by atoms with Crippen LogP contribution in [0.1, 0.15) is 39.3 Å². The van der Waals surface area contributed by atoms with Crippen LogP contribution in [0.25, 0.3) is 10.2 Å². The minimum absolute atomic E-state index is 0.0479. The Labute approximate surface area is 156 Å². The zero-order valence-electron chi connectivity index (χ0n) is 15.3. The van der Waals surface area contributed by atoms with Gasteiger partial charge in [-0.1, -0.05) is 20.8 Å². The van der Waals surface area contributed by atoms with E-state index in [9.17, 15) is 4.79 Å². The van der Waals surface area contributed by atoms with Crippen molar-refractivity contribution in [2.24, 2.45) is 0 Å². The molecule has 0 spiro atoms. The lowest BCUT2D eigenvalue weighted by Gasteiger charge is -2.27. The molecule has 0 aromatic carbocycles. The van der Waals surface area contributed by atoms with Crippen molar-refractivity contribution in [2.45, 2.75) is 51.6 Å². The molecule has 26 heavy (non-hydrogen) atoms. The number of fused-ring (bicyclic) bond motifs is 1. The van der Waals surface area contributed by atoms with Crippen LogP contribution >= 0.6 is 11.3 Å². The number of aromatic nitrogens is 4. The van der Waals surface area contributed by atoms with Gasteiger partial charge in [-0.15, -0.1) is 11.3 Å². The average molecular weight is 369 g/mol. The highest BCUT2D eigenvalue weighted by molar-refractivity contribution is 7.16. The lowest BCUT2D eigenvalue weighted by atomic mass is 9.92. The van der Waals surface area contributed by atoms with Gasteiger partial charge in [0, 0.05) is 18.0 Å². The van der Waals surface area contributed by atoms with Crippen molar-refractivity contribution in [1.29, 1.82) is 0 Å². The van der Waals surface area contributed by atoms with Crippen LogP contribution in [0.15, 0.2) is 34.7 Å². The molecular formula is C19H23N5OS. The van der Waals surface area contributed by atoms with Gasteiger partial charge in [0.15, 0.2) is 0 Å². The van der Waals surface area contributed by atoms with Crippen molar-refractivity contribution < 1.29 is 0 Å². The van der Waals surface area contributed by atoms with E-state index < -0.39 is 0 Å². The molecule has 7 heteroatoms. The van der Waals surface area contributed by atoms with Gasteiger partial charge < -0.3 is 4.90 Å². The van der Waals surface area contributed by atoms with Gasteiger partial charge in [0.25, 0.3) is 5.56 Å². The largest absolute Gasteiger partial charge is 0.351 e. The lowest BCUT2D eigenvalue weighted by molar-refractivity contribution is 0.457. The highest BCUT2D eigenvalue weighted by atomic mass is 32.1. The topological polar surface area (TPSA) is 63.9 Å². The van der Waals surface area contributed by atoms with E-state index in [0.717, 1.165) is 41.1 Å². The maximum absolute atomic E-state index is 12.4. The van der Waals surface area contributed by atoms with Gasteiger partial charge in [-0.25, -0.2) is 14.6 Å². The molecule has 1 saturated heterocycles. The van der Waals surface area contributed by atoms with Crippen LogP contribution < -0.4 is 10.5 Å². The standard InChI is InChI=1S/C19H23N5OS/c1-19(2,3)15-6-7-16(25)24(22-15)11-13-5-4-9-23(13)17-14-8-10-26-18(14)21-12-20-17/h6-8,10,12-13H,4-5,9,11H2,1-3H3. The summed E-state index contributed by atoms with van der Waals surface area (Å²) in [6, 6.07) is 5.77. The first-order chi connectivity index (χ1) is 12.4. The fourth-order valence-electron chi connectivity index (χ4n) is 3.49. The number of hydrogen-bond donors (Lipinski definition) is 0. The SMILES string of the molecule is CC(C)(C)c1ccc(=O)n(CC2CCCN2c2ncnc3sccc23)n1. The molecule has 1 fully saturated rings. The molecule has 4 heterocycles. The van der Waals surface area contributed by atoms with E-state index in [1.807, 2.05) is 11.4 Å². The molecule has 6 nitrogen and oxygen atoms in total. The van der Waals surface area contributed by atoms with Gasteiger partial charge in [0.05, 0.1) is 23.7 Å². The molecule has 3 aromatic heterocycles. The van der Waals surface area contributed by atoms with Crippen LogP contribution in [0.4, 0.5) is 5.82 Å². The average Bonchev–Trinajstić information content (AvgIpc) is 3.24. The van der Waals surface area contributed by atoms with E-state index in [1.165, 1.54) is 0 Å². The van der Waals surface area contributed by atoms with E-state index in [1.54, 1.807) is 28.4 Å². The van der Waals surface area contributed by atoms with E-state index in [-0.39, 0.29) is 17.0 Å². The highest BCUT2D eigenvalue weighted by Gasteiger charge is 2.28. The van der Waals surface area contributed by atoms with Crippen molar-refractivity contribution in [3.05, 3.63) is 46.0 Å². The molecule has 4 rings (SSSR count). The highest BCUT2D eigenvalue weighted by Crippen LogP contribution is 2.32. The Bertz CT molecular complexity index is 987. The van der Waals surface area contributed by atoms with Crippen LogP contribution in [0.5, 0.6) is 0 Å². The fourth-order valence-corrected chi connectivity index (χ4v) is 4.22. The van der Waals surface area contributed by atoms with Crippen molar-refractivity contribution in [3.8, 4) is 0 Å². The summed E-state index contributed by atoms with van der Waals surface area (Å²) in [5, 5.41) is 7.77. The number of nitrogens with zero attached hydrogens (tertiary/aromatic N) is 5. The number of thiophene rings is 1. The quantitative estimate of drug-likeness (QED) is 0.709. The third-order valence-electron chi connectivity index (χ3n) is 4.91. The molecule has 0 aliphatic carbocycles. The van der Waals surface area contributed by atoms with Crippen molar-refractivity contribution >= 4 is 27.4 Å². The maximum atomic E-state index is 12.4. The van der Waals surface area contributed by atoms with Gasteiger partial charge in [-0.05, 0) is 30.4 Å². The van der Waals surface area contributed by atoms with Gasteiger partial charge >= 0.3 is 0 Å². The fraction of sp³-hybridized carbons (Fsp3) is 0.474. The Balaban J connectivity index is 1.66. The first kappa shape index (κ1) is 17.1. The summed E-state index contributed by atoms with van der Waals surface area (Å²) >= 11 is 1.63. The molecular weight excluding hydrogens is 346 g/mol. The molecule has 0 bridgehead atoms. The second-order valence-electron chi connectivity index (χ2n) is 7.82. The zero-order valence-corrected chi connectivity index (χ0v) is 16.2. The van der Waals surface area contributed by atoms with E-state index in [0.29, 0.717) is 6.54 Å². The first-order valence-corrected chi connectivity index (χ1v) is 9.85. The molecule has 136 valence electrons. The van der Waals surface area contributed by atoms with Crippen LogP contribution in [0, 0.1) is 0 Å². The number of rotatable bonds is 3. The Morgan fingerprint density at radius 2 is 2.08 bits per heavy atom. The molecule has 1 aliphatic heterocycles. The van der Waals surface area contributed by atoms with E-state index in [4.69, 9.17) is 0 Å². The maximum Gasteiger partial charge on any atom is 0.266 e. The van der Waals surface area contributed by atoms with Gasteiger partial charge in [-0.2, -0.15) is 5.10 Å². The van der Waals surface area contributed by atoms with Crippen molar-refractivity contribution in [3.63, 3.8) is 0 Å². The van der Waals surface area contributed by atoms with Crippen LogP contribution in [0.2, 0.25) is 0 Å². The van der Waals surface area contributed by atoms with Crippen molar-refractivity contribution in [2.75, 3.05) is 11.4 Å². The first-order valence-electron chi connectivity index (χ1n) is 8.97. The van der Waals surface area contributed by atoms with Crippen LogP contribution in [0.3, 0.4) is 0 Å². The molecule has 3 aromatic rings. The molecule has 1 unspecified atom stereocenters.